The molecule has 0 aliphatic rings. The van der Waals surface area contributed by atoms with E-state index in [-0.39, 0.29) is 0 Å². The molecule has 0 aliphatic heterocycles. The van der Waals surface area contributed by atoms with Crippen LogP contribution in [0.15, 0.2) is 30.6 Å². The van der Waals surface area contributed by atoms with Gasteiger partial charge in [0.2, 0.25) is 0 Å². The lowest BCUT2D eigenvalue weighted by Gasteiger charge is -2.20. The second-order valence-corrected chi connectivity index (χ2v) is 4.80. The predicted octanol–water partition coefficient (Wildman–Crippen LogP) is 3.27. The Morgan fingerprint density at radius 3 is 2.65 bits per heavy atom. The number of hydrogen-bond acceptors (Lipinski definition) is 3. The molecule has 1 atom stereocenters. The Morgan fingerprint density at radius 1 is 1.18 bits per heavy atom. The molecule has 1 aromatic carbocycles. The summed E-state index contributed by atoms with van der Waals surface area (Å²) in [7, 11) is 0. The van der Waals surface area contributed by atoms with Crippen molar-refractivity contribution in [1.29, 1.82) is 0 Å². The SMILES string of the molecule is CC(C)C(C)Nc1ccc2cnccc2c1N. The van der Waals surface area contributed by atoms with Crippen molar-refractivity contribution in [3.8, 4) is 0 Å². The van der Waals surface area contributed by atoms with Gasteiger partial charge in [-0.25, -0.2) is 0 Å². The molecule has 0 saturated heterocycles. The number of nitrogens with zero attached hydrogens (tertiary/aromatic N) is 1. The van der Waals surface area contributed by atoms with Gasteiger partial charge in [0.1, 0.15) is 0 Å². The van der Waals surface area contributed by atoms with Crippen LogP contribution in [0.1, 0.15) is 20.8 Å². The fraction of sp³-hybridized carbons (Fsp3) is 0.357. The Labute approximate surface area is 102 Å². The summed E-state index contributed by atoms with van der Waals surface area (Å²) in [6.45, 7) is 6.55. The third-order valence-corrected chi connectivity index (χ3v) is 3.24. The molecule has 0 fully saturated rings. The molecule has 1 unspecified atom stereocenters. The Hall–Kier alpha value is -1.77. The van der Waals surface area contributed by atoms with Crippen LogP contribution >= 0.6 is 0 Å². The van der Waals surface area contributed by atoms with Crippen molar-refractivity contribution in [2.75, 3.05) is 11.1 Å². The van der Waals surface area contributed by atoms with Crippen LogP contribution in [0.3, 0.4) is 0 Å². The van der Waals surface area contributed by atoms with E-state index < -0.39 is 0 Å². The molecule has 0 bridgehead atoms. The van der Waals surface area contributed by atoms with Crippen molar-refractivity contribution in [2.45, 2.75) is 26.8 Å². The zero-order chi connectivity index (χ0) is 12.4. The van der Waals surface area contributed by atoms with Crippen molar-refractivity contribution < 1.29 is 0 Å². The average molecular weight is 229 g/mol. The summed E-state index contributed by atoms with van der Waals surface area (Å²) in [5, 5.41) is 5.59. The number of nitrogens with one attached hydrogen (secondary N) is 1. The van der Waals surface area contributed by atoms with Gasteiger partial charge in [0.15, 0.2) is 0 Å². The Kier molecular flexibility index (Phi) is 3.18. The van der Waals surface area contributed by atoms with Gasteiger partial charge in [-0.1, -0.05) is 19.9 Å². The second kappa shape index (κ2) is 4.62. The zero-order valence-electron chi connectivity index (χ0n) is 10.6. The van der Waals surface area contributed by atoms with E-state index in [9.17, 15) is 0 Å². The number of aromatic nitrogens is 1. The van der Waals surface area contributed by atoms with Gasteiger partial charge in [0.05, 0.1) is 11.4 Å². The van der Waals surface area contributed by atoms with E-state index in [0.717, 1.165) is 22.1 Å². The van der Waals surface area contributed by atoms with E-state index in [0.29, 0.717) is 12.0 Å². The molecule has 1 aromatic heterocycles. The molecule has 2 rings (SSSR count). The first-order valence-corrected chi connectivity index (χ1v) is 5.98. The first-order chi connectivity index (χ1) is 8.09. The van der Waals surface area contributed by atoms with E-state index in [1.54, 1.807) is 6.20 Å². The molecular weight excluding hydrogens is 210 g/mol. The van der Waals surface area contributed by atoms with Crippen LogP contribution in [0.2, 0.25) is 0 Å². The maximum absolute atomic E-state index is 6.18. The first kappa shape index (κ1) is 11.7. The van der Waals surface area contributed by atoms with Gasteiger partial charge in [0.25, 0.3) is 0 Å². The van der Waals surface area contributed by atoms with Crippen LogP contribution in [0.5, 0.6) is 0 Å². The minimum atomic E-state index is 0.400. The number of nitrogen functional groups attached to an aromatic ring is 1. The fourth-order valence-electron chi connectivity index (χ4n) is 1.73. The largest absolute Gasteiger partial charge is 0.397 e. The van der Waals surface area contributed by atoms with Crippen LogP contribution in [0.4, 0.5) is 11.4 Å². The van der Waals surface area contributed by atoms with Crippen LogP contribution < -0.4 is 11.1 Å². The number of anilines is 2. The number of rotatable bonds is 3. The molecule has 3 N–H and O–H groups in total. The van der Waals surface area contributed by atoms with Crippen LogP contribution in [-0.2, 0) is 0 Å². The summed E-state index contributed by atoms with van der Waals surface area (Å²) >= 11 is 0. The standard InChI is InChI=1S/C14H19N3/c1-9(2)10(3)17-13-5-4-11-8-16-7-6-12(11)14(13)15/h4-10,17H,15H2,1-3H3. The molecular formula is C14H19N3. The summed E-state index contributed by atoms with van der Waals surface area (Å²) in [6.07, 6.45) is 3.61. The predicted molar refractivity (Wildman–Crippen MR) is 74.1 cm³/mol. The highest BCUT2D eigenvalue weighted by Gasteiger charge is 2.10. The monoisotopic (exact) mass is 229 g/mol. The third-order valence-electron chi connectivity index (χ3n) is 3.24. The molecule has 0 amide bonds. The van der Waals surface area contributed by atoms with Gasteiger partial charge in [-0.2, -0.15) is 0 Å². The van der Waals surface area contributed by atoms with Gasteiger partial charge < -0.3 is 11.1 Å². The fourth-order valence-corrected chi connectivity index (χ4v) is 1.73. The summed E-state index contributed by atoms with van der Waals surface area (Å²) in [5.74, 6) is 0.572. The maximum atomic E-state index is 6.18. The first-order valence-electron chi connectivity index (χ1n) is 5.98. The molecule has 3 heteroatoms. The Morgan fingerprint density at radius 2 is 1.94 bits per heavy atom. The van der Waals surface area contributed by atoms with E-state index in [2.05, 4.69) is 31.1 Å². The minimum absolute atomic E-state index is 0.400. The van der Waals surface area contributed by atoms with E-state index >= 15 is 0 Å². The minimum Gasteiger partial charge on any atom is -0.397 e. The lowest BCUT2D eigenvalue weighted by Crippen LogP contribution is -2.22. The molecule has 17 heavy (non-hydrogen) atoms. The van der Waals surface area contributed by atoms with Gasteiger partial charge in [0, 0.05) is 29.2 Å². The average Bonchev–Trinajstić information content (AvgIpc) is 2.33. The van der Waals surface area contributed by atoms with Crippen molar-refractivity contribution in [3.05, 3.63) is 30.6 Å². The lowest BCUT2D eigenvalue weighted by molar-refractivity contribution is 0.560. The number of pyridine rings is 1. The van der Waals surface area contributed by atoms with Crippen molar-refractivity contribution in [3.63, 3.8) is 0 Å². The molecule has 0 saturated carbocycles. The quantitative estimate of drug-likeness (QED) is 0.794. The summed E-state index contributed by atoms with van der Waals surface area (Å²) < 4.78 is 0. The highest BCUT2D eigenvalue weighted by Crippen LogP contribution is 2.29. The molecule has 3 nitrogen and oxygen atoms in total. The molecule has 90 valence electrons. The lowest BCUT2D eigenvalue weighted by atomic mass is 10.0. The summed E-state index contributed by atoms with van der Waals surface area (Å²) in [6, 6.07) is 6.43. The van der Waals surface area contributed by atoms with Crippen molar-refractivity contribution >= 4 is 22.1 Å². The summed E-state index contributed by atoms with van der Waals surface area (Å²) in [5.41, 5.74) is 7.98. The van der Waals surface area contributed by atoms with Crippen LogP contribution in [0.25, 0.3) is 10.8 Å². The van der Waals surface area contributed by atoms with E-state index in [1.807, 2.05) is 24.4 Å². The smallest absolute Gasteiger partial charge is 0.0630 e. The van der Waals surface area contributed by atoms with Gasteiger partial charge >= 0.3 is 0 Å². The van der Waals surface area contributed by atoms with Crippen LogP contribution in [-0.4, -0.2) is 11.0 Å². The third kappa shape index (κ3) is 2.33. The highest BCUT2D eigenvalue weighted by molar-refractivity contribution is 5.98. The molecule has 1 heterocycles. The van der Waals surface area contributed by atoms with Crippen molar-refractivity contribution in [2.24, 2.45) is 5.92 Å². The number of fused-ring (bicyclic) bond motifs is 1. The Balaban J connectivity index is 2.39. The highest BCUT2D eigenvalue weighted by atomic mass is 14.9. The second-order valence-electron chi connectivity index (χ2n) is 4.80. The number of nitrogens with two attached hydrogens (primary N) is 1. The van der Waals surface area contributed by atoms with Gasteiger partial charge in [-0.15, -0.1) is 0 Å². The summed E-state index contributed by atoms with van der Waals surface area (Å²) in [4.78, 5) is 4.10. The van der Waals surface area contributed by atoms with Gasteiger partial charge in [-0.05, 0) is 25.0 Å². The molecule has 0 spiro atoms. The normalized spacial score (nSPS) is 12.9. The number of hydrogen-bond donors (Lipinski definition) is 2. The maximum Gasteiger partial charge on any atom is 0.0630 e. The zero-order valence-corrected chi connectivity index (χ0v) is 10.6. The molecule has 0 aliphatic carbocycles. The number of benzene rings is 1. The van der Waals surface area contributed by atoms with Gasteiger partial charge in [-0.3, -0.25) is 4.98 Å². The van der Waals surface area contributed by atoms with Crippen molar-refractivity contribution in [1.82, 2.24) is 4.98 Å². The van der Waals surface area contributed by atoms with E-state index in [4.69, 9.17) is 5.73 Å². The Bertz CT molecular complexity index is 520. The molecule has 0 radical (unpaired) electrons. The molecule has 2 aromatic rings. The van der Waals surface area contributed by atoms with Crippen LogP contribution in [0, 0.1) is 5.92 Å². The van der Waals surface area contributed by atoms with E-state index in [1.165, 1.54) is 0 Å². The topological polar surface area (TPSA) is 50.9 Å².